The molecule has 0 amide bonds. The first kappa shape index (κ1) is 14.0. The van der Waals surface area contributed by atoms with Crippen molar-refractivity contribution in [3.63, 3.8) is 0 Å². The summed E-state index contributed by atoms with van der Waals surface area (Å²) in [5.41, 5.74) is 1.53. The van der Waals surface area contributed by atoms with E-state index in [1.807, 2.05) is 11.8 Å². The van der Waals surface area contributed by atoms with Crippen LogP contribution in [-0.4, -0.2) is 4.75 Å². The van der Waals surface area contributed by atoms with Crippen molar-refractivity contribution in [2.75, 3.05) is 0 Å². The molecule has 18 heavy (non-hydrogen) atoms. The molecule has 0 spiro atoms. The fourth-order valence-electron chi connectivity index (χ4n) is 2.52. The van der Waals surface area contributed by atoms with E-state index in [1.54, 1.807) is 0 Å². The summed E-state index contributed by atoms with van der Waals surface area (Å²) in [7, 11) is 0. The summed E-state index contributed by atoms with van der Waals surface area (Å²) in [5, 5.41) is 0. The molecular formula is C16H26OS. The molecule has 2 heteroatoms. The Bertz CT molecular complexity index is 398. The Morgan fingerprint density at radius 2 is 1.89 bits per heavy atom. The van der Waals surface area contributed by atoms with E-state index < -0.39 is 0 Å². The van der Waals surface area contributed by atoms with Gasteiger partial charge in [-0.2, -0.15) is 0 Å². The van der Waals surface area contributed by atoms with Crippen molar-refractivity contribution in [1.29, 1.82) is 0 Å². The molecule has 1 heterocycles. The molecule has 0 unspecified atom stereocenters. The van der Waals surface area contributed by atoms with E-state index in [0.29, 0.717) is 0 Å². The van der Waals surface area contributed by atoms with E-state index in [-0.39, 0.29) is 4.75 Å². The van der Waals surface area contributed by atoms with Crippen molar-refractivity contribution in [2.24, 2.45) is 0 Å². The molecule has 0 N–H and O–H groups in total. The molecule has 0 saturated carbocycles. The molecule has 1 aliphatic carbocycles. The monoisotopic (exact) mass is 266 g/mol. The van der Waals surface area contributed by atoms with Crippen LogP contribution in [0.2, 0.25) is 0 Å². The number of hydrogen-bond acceptors (Lipinski definition) is 2. The lowest BCUT2D eigenvalue weighted by Crippen LogP contribution is -2.09. The van der Waals surface area contributed by atoms with Crippen molar-refractivity contribution in [3.05, 3.63) is 17.1 Å². The number of hydrogen-bond donors (Lipinski definition) is 0. The summed E-state index contributed by atoms with van der Waals surface area (Å²) in [6.45, 7) is 9.13. The predicted molar refractivity (Wildman–Crippen MR) is 79.6 cm³/mol. The van der Waals surface area contributed by atoms with Crippen LogP contribution >= 0.6 is 11.8 Å². The molecule has 0 aromatic carbocycles. The summed E-state index contributed by atoms with van der Waals surface area (Å²) < 4.78 is 6.44. The lowest BCUT2D eigenvalue weighted by atomic mass is 9.98. The smallest absolute Gasteiger partial charge is 0.118 e. The van der Waals surface area contributed by atoms with Gasteiger partial charge in [0.1, 0.15) is 11.5 Å². The second kappa shape index (κ2) is 5.73. The molecule has 102 valence electrons. The molecule has 2 rings (SSSR count). The third-order valence-corrected chi connectivity index (χ3v) is 4.65. The van der Waals surface area contributed by atoms with Crippen molar-refractivity contribution in [2.45, 2.75) is 82.3 Å². The van der Waals surface area contributed by atoms with Crippen LogP contribution in [0.5, 0.6) is 0 Å². The van der Waals surface area contributed by atoms with Gasteiger partial charge in [-0.25, -0.2) is 0 Å². The quantitative estimate of drug-likeness (QED) is 0.678. The van der Waals surface area contributed by atoms with Gasteiger partial charge in [-0.05, 0) is 25.7 Å². The Morgan fingerprint density at radius 3 is 2.56 bits per heavy atom. The van der Waals surface area contributed by atoms with E-state index in [4.69, 9.17) is 4.42 Å². The minimum absolute atomic E-state index is 0.274. The Kier molecular flexibility index (Phi) is 4.47. The Hall–Kier alpha value is -0.370. The summed E-state index contributed by atoms with van der Waals surface area (Å²) in [4.78, 5) is 1.48. The lowest BCUT2D eigenvalue weighted by Gasteiger charge is -2.19. The van der Waals surface area contributed by atoms with Crippen molar-refractivity contribution in [3.8, 4) is 0 Å². The standard InChI is InChI=1S/C16H26OS/c1-5-6-10-14-15(18-16(2,3)4)12-9-7-8-11-13(12)17-14/h5-11H2,1-4H3. The van der Waals surface area contributed by atoms with Gasteiger partial charge in [-0.3, -0.25) is 0 Å². The van der Waals surface area contributed by atoms with E-state index in [0.717, 1.165) is 12.8 Å². The fraction of sp³-hybridized carbons (Fsp3) is 0.750. The van der Waals surface area contributed by atoms with Crippen molar-refractivity contribution < 1.29 is 4.42 Å². The predicted octanol–water partition coefficient (Wildman–Crippen LogP) is 5.39. The highest BCUT2D eigenvalue weighted by atomic mass is 32.2. The number of furan rings is 1. The fourth-order valence-corrected chi connectivity index (χ4v) is 3.73. The third kappa shape index (κ3) is 3.34. The number of unbranched alkanes of at least 4 members (excludes halogenated alkanes) is 1. The van der Waals surface area contributed by atoms with Gasteiger partial charge in [0, 0.05) is 23.2 Å². The number of rotatable bonds is 4. The van der Waals surface area contributed by atoms with Gasteiger partial charge < -0.3 is 4.42 Å². The minimum Gasteiger partial charge on any atom is -0.465 e. The highest BCUT2D eigenvalue weighted by Crippen LogP contribution is 2.42. The van der Waals surface area contributed by atoms with Crippen molar-refractivity contribution in [1.82, 2.24) is 0 Å². The Labute approximate surface area is 116 Å². The van der Waals surface area contributed by atoms with Crippen LogP contribution in [0.15, 0.2) is 9.31 Å². The van der Waals surface area contributed by atoms with Gasteiger partial charge in [-0.15, -0.1) is 11.8 Å². The molecule has 0 radical (unpaired) electrons. The first-order valence-corrected chi connectivity index (χ1v) is 8.15. The number of aryl methyl sites for hydroxylation is 2. The van der Waals surface area contributed by atoms with Crippen LogP contribution in [0.25, 0.3) is 0 Å². The zero-order chi connectivity index (χ0) is 13.2. The molecule has 0 atom stereocenters. The average Bonchev–Trinajstić information content (AvgIpc) is 2.63. The van der Waals surface area contributed by atoms with Crippen LogP contribution < -0.4 is 0 Å². The first-order chi connectivity index (χ1) is 8.51. The van der Waals surface area contributed by atoms with E-state index in [9.17, 15) is 0 Å². The third-order valence-electron chi connectivity index (χ3n) is 3.36. The van der Waals surface area contributed by atoms with Gasteiger partial charge in [0.2, 0.25) is 0 Å². The van der Waals surface area contributed by atoms with E-state index in [1.165, 1.54) is 54.1 Å². The zero-order valence-corrected chi connectivity index (χ0v) is 13.1. The van der Waals surface area contributed by atoms with Gasteiger partial charge in [0.25, 0.3) is 0 Å². The van der Waals surface area contributed by atoms with Crippen LogP contribution in [0, 0.1) is 0 Å². The topological polar surface area (TPSA) is 13.1 Å². The van der Waals surface area contributed by atoms with E-state index >= 15 is 0 Å². The zero-order valence-electron chi connectivity index (χ0n) is 12.3. The lowest BCUT2D eigenvalue weighted by molar-refractivity contribution is 0.436. The first-order valence-electron chi connectivity index (χ1n) is 7.33. The highest BCUT2D eigenvalue weighted by molar-refractivity contribution is 8.00. The molecule has 0 fully saturated rings. The van der Waals surface area contributed by atoms with Crippen LogP contribution in [-0.2, 0) is 19.3 Å². The molecular weight excluding hydrogens is 240 g/mol. The summed E-state index contributed by atoms with van der Waals surface area (Å²) >= 11 is 2.01. The maximum Gasteiger partial charge on any atom is 0.118 e. The van der Waals surface area contributed by atoms with Gasteiger partial charge in [-0.1, -0.05) is 34.1 Å². The van der Waals surface area contributed by atoms with Crippen molar-refractivity contribution >= 4 is 11.8 Å². The summed E-state index contributed by atoms with van der Waals surface area (Å²) in [6.07, 6.45) is 8.60. The summed E-state index contributed by atoms with van der Waals surface area (Å²) in [6, 6.07) is 0. The van der Waals surface area contributed by atoms with Crippen LogP contribution in [0.3, 0.4) is 0 Å². The second-order valence-corrected chi connectivity index (χ2v) is 8.12. The number of thioether (sulfide) groups is 1. The molecule has 0 aliphatic heterocycles. The Balaban J connectivity index is 2.29. The van der Waals surface area contributed by atoms with Crippen LogP contribution in [0.1, 0.15) is 70.5 Å². The van der Waals surface area contributed by atoms with Crippen LogP contribution in [0.4, 0.5) is 0 Å². The molecule has 1 aliphatic rings. The highest BCUT2D eigenvalue weighted by Gasteiger charge is 2.25. The number of fused-ring (bicyclic) bond motifs is 1. The maximum absolute atomic E-state index is 6.16. The van der Waals surface area contributed by atoms with Gasteiger partial charge in [0.15, 0.2) is 0 Å². The molecule has 0 saturated heterocycles. The van der Waals surface area contributed by atoms with Gasteiger partial charge in [0.05, 0.1) is 4.90 Å². The summed E-state index contributed by atoms with van der Waals surface area (Å²) in [5.74, 6) is 2.56. The Morgan fingerprint density at radius 1 is 1.17 bits per heavy atom. The van der Waals surface area contributed by atoms with E-state index in [2.05, 4.69) is 27.7 Å². The normalized spacial score (nSPS) is 15.8. The SMILES string of the molecule is CCCCc1oc2c(c1SC(C)(C)C)CCCC2. The average molecular weight is 266 g/mol. The maximum atomic E-state index is 6.16. The minimum atomic E-state index is 0.274. The molecule has 1 aromatic rings. The molecule has 1 nitrogen and oxygen atoms in total. The second-order valence-electron chi connectivity index (χ2n) is 6.28. The molecule has 1 aromatic heterocycles. The largest absolute Gasteiger partial charge is 0.465 e. The van der Waals surface area contributed by atoms with Gasteiger partial charge >= 0.3 is 0 Å². The molecule has 0 bridgehead atoms.